The van der Waals surface area contributed by atoms with Crippen LogP contribution in [0.2, 0.25) is 0 Å². The number of nitrogens with two attached hydrogens (primary N) is 1. The lowest BCUT2D eigenvalue weighted by atomic mass is 9.77. The van der Waals surface area contributed by atoms with Gasteiger partial charge in [0.2, 0.25) is 11.7 Å². The number of aromatic nitrogens is 2. The van der Waals surface area contributed by atoms with Crippen molar-refractivity contribution in [2.45, 2.75) is 75.9 Å². The van der Waals surface area contributed by atoms with Gasteiger partial charge in [0.25, 0.3) is 0 Å². The summed E-state index contributed by atoms with van der Waals surface area (Å²) < 4.78 is 11.4. The zero-order valence-corrected chi connectivity index (χ0v) is 13.2. The quantitative estimate of drug-likeness (QED) is 0.926. The van der Waals surface area contributed by atoms with Gasteiger partial charge in [-0.1, -0.05) is 44.2 Å². The summed E-state index contributed by atoms with van der Waals surface area (Å²) in [6.45, 7) is 2.25. The minimum absolute atomic E-state index is 0.364. The van der Waals surface area contributed by atoms with E-state index in [-0.39, 0.29) is 5.60 Å². The van der Waals surface area contributed by atoms with Gasteiger partial charge in [0.15, 0.2) is 0 Å². The van der Waals surface area contributed by atoms with Crippen molar-refractivity contribution >= 4 is 0 Å². The minimum atomic E-state index is -0.452. The molecule has 1 aromatic rings. The second kappa shape index (κ2) is 5.69. The second-order valence-corrected chi connectivity index (χ2v) is 7.04. The van der Waals surface area contributed by atoms with Gasteiger partial charge in [-0.15, -0.1) is 0 Å². The van der Waals surface area contributed by atoms with E-state index >= 15 is 0 Å². The van der Waals surface area contributed by atoms with Crippen LogP contribution in [0.15, 0.2) is 4.52 Å². The van der Waals surface area contributed by atoms with Crippen molar-refractivity contribution in [3.8, 4) is 0 Å². The first-order chi connectivity index (χ1) is 10.1. The summed E-state index contributed by atoms with van der Waals surface area (Å²) >= 11 is 0. The Bertz CT molecular complexity index is 482. The van der Waals surface area contributed by atoms with Crippen molar-refractivity contribution in [1.29, 1.82) is 0 Å². The van der Waals surface area contributed by atoms with Crippen molar-refractivity contribution in [1.82, 2.24) is 10.1 Å². The predicted octanol–water partition coefficient (Wildman–Crippen LogP) is 3.24. The van der Waals surface area contributed by atoms with Crippen LogP contribution in [0.5, 0.6) is 0 Å². The topological polar surface area (TPSA) is 74.2 Å². The van der Waals surface area contributed by atoms with Gasteiger partial charge in [-0.25, -0.2) is 0 Å². The zero-order chi connectivity index (χ0) is 14.9. The fraction of sp³-hybridized carbons (Fsp3) is 0.875. The van der Waals surface area contributed by atoms with Crippen LogP contribution in [0.4, 0.5) is 0 Å². The lowest BCUT2D eigenvalue weighted by Crippen LogP contribution is -2.41. The van der Waals surface area contributed by atoms with Crippen molar-refractivity contribution in [2.75, 3.05) is 7.11 Å². The summed E-state index contributed by atoms with van der Waals surface area (Å²) in [6, 6.07) is 0. The minimum Gasteiger partial charge on any atom is -0.370 e. The molecule has 1 heterocycles. The monoisotopic (exact) mass is 293 g/mol. The molecule has 2 aliphatic rings. The van der Waals surface area contributed by atoms with E-state index in [1.165, 1.54) is 12.8 Å². The molecule has 0 bridgehead atoms. The maximum absolute atomic E-state index is 6.56. The molecule has 0 spiro atoms. The Kier molecular flexibility index (Phi) is 4.06. The van der Waals surface area contributed by atoms with Crippen LogP contribution in [0, 0.1) is 5.92 Å². The third-order valence-electron chi connectivity index (χ3n) is 5.34. The molecule has 1 aromatic heterocycles. The molecule has 0 amide bonds. The van der Waals surface area contributed by atoms with Crippen molar-refractivity contribution in [3.63, 3.8) is 0 Å². The first kappa shape index (κ1) is 15.0. The molecule has 2 atom stereocenters. The van der Waals surface area contributed by atoms with Crippen molar-refractivity contribution in [2.24, 2.45) is 11.7 Å². The lowest BCUT2D eigenvalue weighted by Gasteiger charge is -2.34. The standard InChI is InChI=1S/C16H27N3O2/c1-12-7-6-8-15(17,11-12)14-18-13(19-21-14)16(20-2)9-4-3-5-10-16/h12H,3-11,17H2,1-2H3. The molecule has 2 fully saturated rings. The van der Waals surface area contributed by atoms with Crippen LogP contribution in [-0.4, -0.2) is 17.3 Å². The molecule has 0 aromatic carbocycles. The van der Waals surface area contributed by atoms with Gasteiger partial charge in [0.05, 0.1) is 5.54 Å². The second-order valence-electron chi connectivity index (χ2n) is 7.04. The third-order valence-corrected chi connectivity index (χ3v) is 5.34. The number of nitrogens with zero attached hydrogens (tertiary/aromatic N) is 2. The van der Waals surface area contributed by atoms with Crippen LogP contribution in [0.3, 0.4) is 0 Å². The van der Waals surface area contributed by atoms with E-state index in [0.717, 1.165) is 44.9 Å². The van der Waals surface area contributed by atoms with E-state index < -0.39 is 5.54 Å². The molecule has 21 heavy (non-hydrogen) atoms. The van der Waals surface area contributed by atoms with Gasteiger partial charge < -0.3 is 15.0 Å². The molecule has 2 unspecified atom stereocenters. The smallest absolute Gasteiger partial charge is 0.246 e. The molecule has 118 valence electrons. The molecule has 2 saturated carbocycles. The highest BCUT2D eigenvalue weighted by atomic mass is 16.5. The van der Waals surface area contributed by atoms with Gasteiger partial charge in [-0.05, 0) is 31.6 Å². The molecule has 2 N–H and O–H groups in total. The molecule has 2 aliphatic carbocycles. The molecule has 0 aliphatic heterocycles. The zero-order valence-electron chi connectivity index (χ0n) is 13.2. The number of rotatable bonds is 3. The Morgan fingerprint density at radius 3 is 2.62 bits per heavy atom. The fourth-order valence-electron chi connectivity index (χ4n) is 4.04. The average Bonchev–Trinajstić information content (AvgIpc) is 2.99. The number of hydrogen-bond acceptors (Lipinski definition) is 5. The number of methoxy groups -OCH3 is 1. The highest BCUT2D eigenvalue weighted by molar-refractivity contribution is 5.09. The van der Waals surface area contributed by atoms with Crippen LogP contribution in [0.1, 0.15) is 76.4 Å². The van der Waals surface area contributed by atoms with Gasteiger partial charge >= 0.3 is 0 Å². The van der Waals surface area contributed by atoms with E-state index in [4.69, 9.17) is 15.0 Å². The SMILES string of the molecule is COC1(c2noc(C3(N)CCCC(C)C3)n2)CCCCC1. The van der Waals surface area contributed by atoms with Gasteiger partial charge in [-0.3, -0.25) is 0 Å². The van der Waals surface area contributed by atoms with Crippen molar-refractivity contribution < 1.29 is 9.26 Å². The maximum atomic E-state index is 6.56. The van der Waals surface area contributed by atoms with Crippen LogP contribution in [-0.2, 0) is 15.9 Å². The van der Waals surface area contributed by atoms with Gasteiger partial charge in [-0.2, -0.15) is 4.98 Å². The Hall–Kier alpha value is -0.940. The maximum Gasteiger partial charge on any atom is 0.246 e. The fourth-order valence-corrected chi connectivity index (χ4v) is 4.04. The molecule has 5 heteroatoms. The van der Waals surface area contributed by atoms with E-state index in [0.29, 0.717) is 17.6 Å². The Labute approximate surface area is 126 Å². The van der Waals surface area contributed by atoms with Crippen LogP contribution < -0.4 is 5.73 Å². The summed E-state index contributed by atoms with van der Waals surface area (Å²) in [6.07, 6.45) is 9.73. The molecular weight excluding hydrogens is 266 g/mol. The highest BCUT2D eigenvalue weighted by Gasteiger charge is 2.42. The van der Waals surface area contributed by atoms with E-state index in [9.17, 15) is 0 Å². The normalized spacial score (nSPS) is 33.0. The highest BCUT2D eigenvalue weighted by Crippen LogP contribution is 2.41. The molecular formula is C16H27N3O2. The summed E-state index contributed by atoms with van der Waals surface area (Å²) in [5.41, 5.74) is 5.74. The summed E-state index contributed by atoms with van der Waals surface area (Å²) in [4.78, 5) is 4.68. The van der Waals surface area contributed by atoms with Crippen molar-refractivity contribution in [3.05, 3.63) is 11.7 Å². The third kappa shape index (κ3) is 2.73. The molecule has 0 radical (unpaired) electrons. The number of hydrogen-bond donors (Lipinski definition) is 1. The summed E-state index contributed by atoms with van der Waals surface area (Å²) in [5, 5.41) is 4.24. The predicted molar refractivity (Wildman–Crippen MR) is 79.6 cm³/mol. The van der Waals surface area contributed by atoms with Crippen LogP contribution in [0.25, 0.3) is 0 Å². The first-order valence-electron chi connectivity index (χ1n) is 8.27. The van der Waals surface area contributed by atoms with E-state index in [2.05, 4.69) is 17.1 Å². The lowest BCUT2D eigenvalue weighted by molar-refractivity contribution is -0.0527. The van der Waals surface area contributed by atoms with E-state index in [1.807, 2.05) is 0 Å². The largest absolute Gasteiger partial charge is 0.370 e. The molecule has 0 saturated heterocycles. The molecule has 3 rings (SSSR count). The summed E-state index contributed by atoms with van der Waals surface area (Å²) in [7, 11) is 1.75. The number of ether oxygens (including phenoxy) is 1. The van der Waals surface area contributed by atoms with Gasteiger partial charge in [0.1, 0.15) is 5.60 Å². The average molecular weight is 293 g/mol. The Balaban J connectivity index is 1.85. The van der Waals surface area contributed by atoms with E-state index in [1.54, 1.807) is 7.11 Å². The van der Waals surface area contributed by atoms with Crippen LogP contribution >= 0.6 is 0 Å². The molecule has 5 nitrogen and oxygen atoms in total. The Morgan fingerprint density at radius 2 is 1.95 bits per heavy atom. The van der Waals surface area contributed by atoms with Gasteiger partial charge in [0, 0.05) is 7.11 Å². The summed E-state index contributed by atoms with van der Waals surface area (Å²) in [5.74, 6) is 1.92. The Morgan fingerprint density at radius 1 is 1.19 bits per heavy atom. The first-order valence-corrected chi connectivity index (χ1v) is 8.27.